The minimum absolute atomic E-state index is 0.233. The topological polar surface area (TPSA) is 44.0 Å². The van der Waals surface area contributed by atoms with Crippen LogP contribution < -0.4 is 11.2 Å². The maximum Gasteiger partial charge on any atom is 0.336 e. The van der Waals surface area contributed by atoms with Crippen LogP contribution >= 0.6 is 11.3 Å². The monoisotopic (exact) mass is 444 g/mol. The molecule has 0 amide bonds. The number of halogens is 1. The maximum atomic E-state index is 14.3. The molecule has 32 heavy (non-hydrogen) atoms. The summed E-state index contributed by atoms with van der Waals surface area (Å²) in [6.07, 6.45) is 0. The molecule has 0 aliphatic heterocycles. The fraction of sp³-hybridized carbons (Fsp3) is 0.154. The second kappa shape index (κ2) is 7.57. The van der Waals surface area contributed by atoms with Gasteiger partial charge in [-0.25, -0.2) is 13.8 Å². The van der Waals surface area contributed by atoms with Crippen molar-refractivity contribution in [2.24, 2.45) is 0 Å². The Balaban J connectivity index is 1.90. The fourth-order valence-corrected chi connectivity index (χ4v) is 5.22. The third-order valence-corrected chi connectivity index (χ3v) is 7.05. The number of aromatic nitrogens is 2. The van der Waals surface area contributed by atoms with Crippen LogP contribution in [0.5, 0.6) is 0 Å². The number of aryl methyl sites for hydroxylation is 3. The molecule has 3 aromatic carbocycles. The highest BCUT2D eigenvalue weighted by molar-refractivity contribution is 7.25. The van der Waals surface area contributed by atoms with Crippen LogP contribution in [0.1, 0.15) is 22.3 Å². The molecular formula is C26H21FN2O2S. The number of fused-ring (bicyclic) bond motifs is 3. The van der Waals surface area contributed by atoms with Gasteiger partial charge in [0, 0.05) is 10.1 Å². The summed E-state index contributed by atoms with van der Waals surface area (Å²) < 4.78 is 18.5. The molecule has 0 bridgehead atoms. The lowest BCUT2D eigenvalue weighted by atomic mass is 10.1. The van der Waals surface area contributed by atoms with E-state index >= 15 is 0 Å². The third kappa shape index (κ3) is 3.19. The molecule has 0 aliphatic rings. The number of thiophene rings is 1. The highest BCUT2D eigenvalue weighted by atomic mass is 32.1. The fourth-order valence-electron chi connectivity index (χ4n) is 4.09. The van der Waals surface area contributed by atoms with Gasteiger partial charge in [0.15, 0.2) is 0 Å². The molecule has 160 valence electrons. The van der Waals surface area contributed by atoms with Gasteiger partial charge in [-0.15, -0.1) is 11.3 Å². The van der Waals surface area contributed by atoms with Crippen molar-refractivity contribution in [2.45, 2.75) is 27.3 Å². The number of benzene rings is 3. The predicted molar refractivity (Wildman–Crippen MR) is 129 cm³/mol. The molecule has 4 nitrogen and oxygen atoms in total. The molecule has 2 aromatic heterocycles. The van der Waals surface area contributed by atoms with E-state index in [0.717, 1.165) is 31.3 Å². The highest BCUT2D eigenvalue weighted by Gasteiger charge is 2.20. The first-order chi connectivity index (χ1) is 15.3. The van der Waals surface area contributed by atoms with Gasteiger partial charge < -0.3 is 0 Å². The molecule has 6 heteroatoms. The van der Waals surface area contributed by atoms with E-state index in [4.69, 9.17) is 0 Å². The summed E-state index contributed by atoms with van der Waals surface area (Å²) in [7, 11) is 0. The van der Waals surface area contributed by atoms with Gasteiger partial charge in [-0.05, 0) is 55.7 Å². The Labute approximate surface area is 187 Å². The van der Waals surface area contributed by atoms with Crippen molar-refractivity contribution in [2.75, 3.05) is 0 Å². The Bertz CT molecular complexity index is 1640. The van der Waals surface area contributed by atoms with Gasteiger partial charge in [0.05, 0.1) is 17.7 Å². The normalized spacial score (nSPS) is 11.5. The molecule has 0 atom stereocenters. The molecular weight excluding hydrogens is 423 g/mol. The van der Waals surface area contributed by atoms with Crippen molar-refractivity contribution in [3.8, 4) is 5.69 Å². The van der Waals surface area contributed by atoms with Gasteiger partial charge >= 0.3 is 5.69 Å². The summed E-state index contributed by atoms with van der Waals surface area (Å²) >= 11 is 1.36. The summed E-state index contributed by atoms with van der Waals surface area (Å²) in [4.78, 5) is 27.2. The first-order valence-electron chi connectivity index (χ1n) is 10.3. The molecule has 5 aromatic rings. The highest BCUT2D eigenvalue weighted by Crippen LogP contribution is 2.31. The van der Waals surface area contributed by atoms with E-state index in [1.165, 1.54) is 17.4 Å². The summed E-state index contributed by atoms with van der Waals surface area (Å²) in [6, 6.07) is 18.3. The summed E-state index contributed by atoms with van der Waals surface area (Å²) in [6.45, 7) is 5.99. The van der Waals surface area contributed by atoms with Gasteiger partial charge in [-0.2, -0.15) is 0 Å². The Morgan fingerprint density at radius 2 is 1.66 bits per heavy atom. The molecule has 0 spiro atoms. The first-order valence-corrected chi connectivity index (χ1v) is 11.2. The van der Waals surface area contributed by atoms with Crippen LogP contribution in [0.2, 0.25) is 0 Å². The molecule has 2 heterocycles. The molecule has 0 saturated heterocycles. The first kappa shape index (κ1) is 20.4. The predicted octanol–water partition coefficient (Wildman–Crippen LogP) is 5.48. The van der Waals surface area contributed by atoms with Crippen molar-refractivity contribution in [1.82, 2.24) is 9.13 Å². The molecule has 0 unspecified atom stereocenters. The Morgan fingerprint density at radius 1 is 0.906 bits per heavy atom. The largest absolute Gasteiger partial charge is 0.336 e. The smallest absolute Gasteiger partial charge is 0.287 e. The van der Waals surface area contributed by atoms with Crippen LogP contribution in [0, 0.1) is 26.6 Å². The number of rotatable bonds is 3. The minimum Gasteiger partial charge on any atom is -0.287 e. The van der Waals surface area contributed by atoms with Gasteiger partial charge in [0.2, 0.25) is 0 Å². The van der Waals surface area contributed by atoms with E-state index in [0.29, 0.717) is 22.3 Å². The average Bonchev–Trinajstić information content (AvgIpc) is 3.16. The number of nitrogens with zero attached hydrogens (tertiary/aromatic N) is 2. The van der Waals surface area contributed by atoms with Crippen molar-refractivity contribution in [1.29, 1.82) is 0 Å². The van der Waals surface area contributed by atoms with Crippen LogP contribution in [0.3, 0.4) is 0 Å². The summed E-state index contributed by atoms with van der Waals surface area (Å²) in [5.74, 6) is -0.452. The summed E-state index contributed by atoms with van der Waals surface area (Å²) in [5, 5.41) is 0.870. The van der Waals surface area contributed by atoms with Crippen LogP contribution in [0.15, 0.2) is 70.3 Å². The minimum atomic E-state index is -0.477. The maximum absolute atomic E-state index is 14.3. The van der Waals surface area contributed by atoms with Crippen LogP contribution in [-0.2, 0) is 6.54 Å². The molecule has 0 fully saturated rings. The van der Waals surface area contributed by atoms with Crippen molar-refractivity contribution in [3.05, 3.63) is 110 Å². The molecule has 0 aliphatic carbocycles. The second-order valence-electron chi connectivity index (χ2n) is 8.15. The molecule has 0 N–H and O–H groups in total. The number of hydrogen-bond acceptors (Lipinski definition) is 3. The average molecular weight is 445 g/mol. The molecule has 0 radical (unpaired) electrons. The van der Waals surface area contributed by atoms with E-state index in [-0.39, 0.29) is 5.69 Å². The van der Waals surface area contributed by atoms with Crippen molar-refractivity contribution < 1.29 is 4.39 Å². The lowest BCUT2D eigenvalue weighted by molar-refractivity contribution is 0.615. The van der Waals surface area contributed by atoms with Gasteiger partial charge in [0.25, 0.3) is 5.56 Å². The zero-order chi connectivity index (χ0) is 22.6. The van der Waals surface area contributed by atoms with E-state index in [1.54, 1.807) is 23.6 Å². The van der Waals surface area contributed by atoms with E-state index < -0.39 is 17.1 Å². The van der Waals surface area contributed by atoms with Crippen LogP contribution in [-0.4, -0.2) is 9.13 Å². The quantitative estimate of drug-likeness (QED) is 0.370. The van der Waals surface area contributed by atoms with Gasteiger partial charge in [-0.1, -0.05) is 48.0 Å². The van der Waals surface area contributed by atoms with E-state index in [2.05, 4.69) is 6.07 Å². The molecule has 0 saturated carbocycles. The Kier molecular flexibility index (Phi) is 4.82. The van der Waals surface area contributed by atoms with Gasteiger partial charge in [0.1, 0.15) is 10.5 Å². The van der Waals surface area contributed by atoms with Gasteiger partial charge in [-0.3, -0.25) is 9.36 Å². The third-order valence-electron chi connectivity index (χ3n) is 5.91. The van der Waals surface area contributed by atoms with Crippen LogP contribution in [0.25, 0.3) is 26.0 Å². The zero-order valence-corrected chi connectivity index (χ0v) is 18.8. The van der Waals surface area contributed by atoms with Crippen LogP contribution in [0.4, 0.5) is 4.39 Å². The van der Waals surface area contributed by atoms with E-state index in [1.807, 2.05) is 50.2 Å². The lowest BCUT2D eigenvalue weighted by Gasteiger charge is -2.15. The summed E-state index contributed by atoms with van der Waals surface area (Å²) in [5.41, 5.74) is 3.59. The standard InChI is InChI=1S/C26H21FN2O2S/c1-15-8-9-16(2)18(12-15)14-28-23-20-6-4-5-7-22(20)32-24(23)25(30)29(26(28)31)19-11-10-17(3)21(27)13-19/h4-13H,14H2,1-3H3. The number of hydrogen-bond donors (Lipinski definition) is 0. The van der Waals surface area contributed by atoms with Crippen molar-refractivity contribution in [3.63, 3.8) is 0 Å². The molecule has 5 rings (SSSR count). The lowest BCUT2D eigenvalue weighted by Crippen LogP contribution is -2.38. The van der Waals surface area contributed by atoms with E-state index in [9.17, 15) is 14.0 Å². The zero-order valence-electron chi connectivity index (χ0n) is 18.0. The van der Waals surface area contributed by atoms with Crippen molar-refractivity contribution >= 4 is 31.6 Å². The SMILES string of the molecule is Cc1ccc(C)c(Cn2c(=O)n(-c3ccc(C)c(F)c3)c(=O)c3sc4ccccc4c32)c1. The Morgan fingerprint density at radius 3 is 2.44 bits per heavy atom. The Hall–Kier alpha value is -3.51. The second-order valence-corrected chi connectivity index (χ2v) is 9.20.